The van der Waals surface area contributed by atoms with E-state index in [-0.39, 0.29) is 11.1 Å². The van der Waals surface area contributed by atoms with Crippen molar-refractivity contribution in [3.63, 3.8) is 0 Å². The minimum Gasteiger partial charge on any atom is -0.205 e. The standard InChI is InChI=1S/C15H14F3NO4S3/c1-11-7-3-5-9-13(11)25(20,21)19(24-15(16,17)18)26(22,23)14-10-6-4-8-12(14)2/h3-10H,1-2H3. The van der Waals surface area contributed by atoms with Gasteiger partial charge in [0.25, 0.3) is 20.0 Å². The van der Waals surface area contributed by atoms with Crippen LogP contribution in [-0.2, 0) is 20.0 Å². The van der Waals surface area contributed by atoms with E-state index in [0.29, 0.717) is 0 Å². The van der Waals surface area contributed by atoms with Crippen LogP contribution in [0.15, 0.2) is 58.3 Å². The smallest absolute Gasteiger partial charge is 0.205 e. The predicted octanol–water partition coefficient (Wildman–Crippen LogP) is 3.85. The molecule has 0 aliphatic heterocycles. The number of hydrogen-bond donors (Lipinski definition) is 0. The Balaban J connectivity index is 2.73. The Kier molecular flexibility index (Phi) is 5.76. The summed E-state index contributed by atoms with van der Waals surface area (Å²) in [6.07, 6.45) is 0. The molecule has 26 heavy (non-hydrogen) atoms. The first-order valence-corrected chi connectivity index (χ1v) is 10.7. The molecule has 142 valence electrons. The molecule has 0 aromatic heterocycles. The average molecular weight is 425 g/mol. The van der Waals surface area contributed by atoms with Gasteiger partial charge in [-0.05, 0) is 40.2 Å². The molecule has 2 aromatic carbocycles. The molecule has 0 aliphatic rings. The first kappa shape index (κ1) is 20.7. The number of aryl methyl sites for hydroxylation is 2. The van der Waals surface area contributed by atoms with Gasteiger partial charge in [-0.2, -0.15) is 13.2 Å². The summed E-state index contributed by atoms with van der Waals surface area (Å²) in [5.74, 6) is 0. The lowest BCUT2D eigenvalue weighted by atomic mass is 10.2. The summed E-state index contributed by atoms with van der Waals surface area (Å²) in [5.41, 5.74) is -4.88. The molecule has 0 radical (unpaired) electrons. The first-order valence-electron chi connectivity index (χ1n) is 7.05. The summed E-state index contributed by atoms with van der Waals surface area (Å²) < 4.78 is 89.6. The Morgan fingerprint density at radius 1 is 0.769 bits per heavy atom. The van der Waals surface area contributed by atoms with E-state index in [9.17, 15) is 30.0 Å². The lowest BCUT2D eigenvalue weighted by Gasteiger charge is -2.23. The number of sulfonamides is 2. The van der Waals surface area contributed by atoms with Crippen LogP contribution in [0.3, 0.4) is 0 Å². The molecular weight excluding hydrogens is 411 g/mol. The second-order valence-electron chi connectivity index (χ2n) is 5.24. The second-order valence-corrected chi connectivity index (χ2v) is 10.5. The van der Waals surface area contributed by atoms with Crippen LogP contribution < -0.4 is 0 Å². The molecule has 5 nitrogen and oxygen atoms in total. The third-order valence-corrected chi connectivity index (χ3v) is 9.28. The third-order valence-electron chi connectivity index (χ3n) is 3.31. The van der Waals surface area contributed by atoms with Gasteiger partial charge in [0.2, 0.25) is 0 Å². The molecule has 0 aliphatic carbocycles. The van der Waals surface area contributed by atoms with Gasteiger partial charge in [0.05, 0.1) is 21.7 Å². The molecule has 0 heterocycles. The van der Waals surface area contributed by atoms with Gasteiger partial charge in [-0.1, -0.05) is 36.4 Å². The number of rotatable bonds is 5. The number of alkyl halides is 3. The molecule has 0 saturated carbocycles. The van der Waals surface area contributed by atoms with Crippen molar-refractivity contribution >= 4 is 32.0 Å². The van der Waals surface area contributed by atoms with E-state index in [1.807, 2.05) is 0 Å². The topological polar surface area (TPSA) is 71.5 Å². The van der Waals surface area contributed by atoms with Crippen molar-refractivity contribution in [1.29, 1.82) is 0 Å². The van der Waals surface area contributed by atoms with Gasteiger partial charge in [0.15, 0.2) is 0 Å². The van der Waals surface area contributed by atoms with Crippen molar-refractivity contribution in [1.82, 2.24) is 3.12 Å². The van der Waals surface area contributed by atoms with E-state index in [0.717, 1.165) is 12.1 Å². The summed E-state index contributed by atoms with van der Waals surface area (Å²) in [6.45, 7) is 2.73. The molecule has 0 N–H and O–H groups in total. The number of benzene rings is 2. The summed E-state index contributed by atoms with van der Waals surface area (Å²) in [6, 6.07) is 10.4. The van der Waals surface area contributed by atoms with Crippen LogP contribution >= 0.6 is 11.9 Å². The van der Waals surface area contributed by atoms with Gasteiger partial charge in [0, 0.05) is 0 Å². The largest absolute Gasteiger partial charge is 0.458 e. The van der Waals surface area contributed by atoms with Gasteiger partial charge < -0.3 is 0 Å². The lowest BCUT2D eigenvalue weighted by molar-refractivity contribution is -0.0342. The van der Waals surface area contributed by atoms with E-state index < -0.39 is 50.4 Å². The van der Waals surface area contributed by atoms with E-state index in [2.05, 4.69) is 0 Å². The zero-order valence-electron chi connectivity index (χ0n) is 13.6. The fourth-order valence-corrected chi connectivity index (χ4v) is 7.39. The maximum absolute atomic E-state index is 13.0. The van der Waals surface area contributed by atoms with Gasteiger partial charge in [-0.15, -0.1) is 0 Å². The molecule has 0 amide bonds. The molecule has 0 saturated heterocycles. The number of halogens is 3. The summed E-state index contributed by atoms with van der Waals surface area (Å²) in [4.78, 5) is -1.04. The van der Waals surface area contributed by atoms with Gasteiger partial charge in [0.1, 0.15) is 0 Å². The van der Waals surface area contributed by atoms with Gasteiger partial charge in [-0.25, -0.2) is 16.8 Å². The monoisotopic (exact) mass is 425 g/mol. The lowest BCUT2D eigenvalue weighted by Crippen LogP contribution is -2.34. The Labute approximate surface area is 154 Å². The second kappa shape index (κ2) is 7.22. The highest BCUT2D eigenvalue weighted by Gasteiger charge is 2.47. The Bertz CT molecular complexity index is 943. The van der Waals surface area contributed by atoms with Crippen LogP contribution in [0.5, 0.6) is 0 Å². The minimum atomic E-state index is -5.13. The first-order chi connectivity index (χ1) is 11.9. The molecule has 2 rings (SSSR count). The highest BCUT2D eigenvalue weighted by molar-refractivity contribution is 8.20. The normalized spacial score (nSPS) is 13.2. The van der Waals surface area contributed by atoms with Crippen LogP contribution in [0.2, 0.25) is 0 Å². The molecule has 0 bridgehead atoms. The quantitative estimate of drug-likeness (QED) is 0.681. The number of nitrogens with zero attached hydrogens (tertiary/aromatic N) is 1. The number of hydrogen-bond acceptors (Lipinski definition) is 5. The third kappa shape index (κ3) is 4.22. The molecule has 0 fully saturated rings. The van der Waals surface area contributed by atoms with E-state index in [4.69, 9.17) is 0 Å². The molecule has 0 atom stereocenters. The molecule has 11 heteroatoms. The van der Waals surface area contributed by atoms with Crippen molar-refractivity contribution in [2.24, 2.45) is 0 Å². The van der Waals surface area contributed by atoms with Gasteiger partial charge >= 0.3 is 5.51 Å². The fraction of sp³-hybridized carbons (Fsp3) is 0.200. The fourth-order valence-electron chi connectivity index (χ4n) is 2.16. The SMILES string of the molecule is Cc1ccccc1S(=O)(=O)N(SC(F)(F)F)S(=O)(=O)c1ccccc1C. The van der Waals surface area contributed by atoms with Crippen LogP contribution in [0.4, 0.5) is 13.2 Å². The minimum absolute atomic E-state index is 0.125. The van der Waals surface area contributed by atoms with Crippen LogP contribution in [0, 0.1) is 13.8 Å². The van der Waals surface area contributed by atoms with Crippen LogP contribution in [-0.4, -0.2) is 25.5 Å². The predicted molar refractivity (Wildman–Crippen MR) is 92.2 cm³/mol. The Morgan fingerprint density at radius 3 is 1.42 bits per heavy atom. The van der Waals surface area contributed by atoms with Crippen molar-refractivity contribution in [3.8, 4) is 0 Å². The van der Waals surface area contributed by atoms with E-state index in [1.54, 1.807) is 0 Å². The molecule has 0 unspecified atom stereocenters. The average Bonchev–Trinajstić information content (AvgIpc) is 2.52. The zero-order chi connectivity index (χ0) is 19.8. The van der Waals surface area contributed by atoms with Crippen molar-refractivity contribution in [3.05, 3.63) is 59.7 Å². The van der Waals surface area contributed by atoms with Crippen molar-refractivity contribution < 1.29 is 30.0 Å². The highest BCUT2D eigenvalue weighted by Crippen LogP contribution is 2.41. The zero-order valence-corrected chi connectivity index (χ0v) is 16.0. The summed E-state index contributed by atoms with van der Waals surface area (Å²) in [7, 11) is -10.00. The molecule has 0 spiro atoms. The maximum Gasteiger partial charge on any atom is 0.458 e. The van der Waals surface area contributed by atoms with Crippen molar-refractivity contribution in [2.75, 3.05) is 0 Å². The maximum atomic E-state index is 13.0. The highest BCUT2D eigenvalue weighted by atomic mass is 32.3. The van der Waals surface area contributed by atoms with Crippen LogP contribution in [0.25, 0.3) is 0 Å². The summed E-state index contributed by atoms with van der Waals surface area (Å²) >= 11 is -1.22. The van der Waals surface area contributed by atoms with E-state index in [1.165, 1.54) is 50.2 Å². The Morgan fingerprint density at radius 2 is 1.12 bits per heavy atom. The summed E-state index contributed by atoms with van der Waals surface area (Å²) in [5, 5.41) is 0. The molecular formula is C15H14F3NO4S3. The van der Waals surface area contributed by atoms with Gasteiger partial charge in [-0.3, -0.25) is 0 Å². The Hall–Kier alpha value is -1.56. The van der Waals surface area contributed by atoms with E-state index >= 15 is 0 Å². The van der Waals surface area contributed by atoms with Crippen LogP contribution in [0.1, 0.15) is 11.1 Å². The molecule has 2 aromatic rings. The van der Waals surface area contributed by atoms with Crippen molar-refractivity contribution in [2.45, 2.75) is 29.1 Å².